The molecule has 1 aromatic heterocycles. The molecule has 1 heterocycles. The van der Waals surface area contributed by atoms with Gasteiger partial charge in [-0.3, -0.25) is 0 Å². The lowest BCUT2D eigenvalue weighted by atomic mass is 9.99. The van der Waals surface area contributed by atoms with Gasteiger partial charge >= 0.3 is 0 Å². The standard InChI is InChI=1S/C12H20N2S/c1-4-11-14-10(8-15-11)7-13-12(2,3)9-5-6-9/h8-9,13H,4-7H2,1-3H3. The highest BCUT2D eigenvalue weighted by atomic mass is 32.1. The van der Waals surface area contributed by atoms with Crippen LogP contribution < -0.4 is 5.32 Å². The summed E-state index contributed by atoms with van der Waals surface area (Å²) >= 11 is 1.77. The highest BCUT2D eigenvalue weighted by molar-refractivity contribution is 7.09. The van der Waals surface area contributed by atoms with Crippen LogP contribution in [0.1, 0.15) is 44.3 Å². The lowest BCUT2D eigenvalue weighted by molar-refractivity contribution is 0.338. The van der Waals surface area contributed by atoms with Crippen LogP contribution in [0, 0.1) is 5.92 Å². The number of rotatable bonds is 5. The van der Waals surface area contributed by atoms with Gasteiger partial charge < -0.3 is 5.32 Å². The van der Waals surface area contributed by atoms with Gasteiger partial charge in [-0.1, -0.05) is 6.92 Å². The first-order valence-electron chi connectivity index (χ1n) is 5.80. The fourth-order valence-electron chi connectivity index (χ4n) is 1.86. The summed E-state index contributed by atoms with van der Waals surface area (Å²) in [6.07, 6.45) is 3.82. The van der Waals surface area contributed by atoms with Crippen molar-refractivity contribution in [3.05, 3.63) is 16.1 Å². The molecule has 1 aliphatic rings. The number of thiazole rings is 1. The van der Waals surface area contributed by atoms with Gasteiger partial charge in [0.15, 0.2) is 0 Å². The van der Waals surface area contributed by atoms with Crippen LogP contribution in [-0.4, -0.2) is 10.5 Å². The Morgan fingerprint density at radius 3 is 2.80 bits per heavy atom. The van der Waals surface area contributed by atoms with Crippen LogP contribution in [0.2, 0.25) is 0 Å². The smallest absolute Gasteiger partial charge is 0.0926 e. The van der Waals surface area contributed by atoms with Gasteiger partial charge in [-0.05, 0) is 39.0 Å². The summed E-state index contributed by atoms with van der Waals surface area (Å²) in [6.45, 7) is 7.68. The first-order chi connectivity index (χ1) is 7.12. The highest BCUT2D eigenvalue weighted by Gasteiger charge is 2.37. The molecular formula is C12H20N2S. The zero-order valence-electron chi connectivity index (χ0n) is 9.84. The lowest BCUT2D eigenvalue weighted by Gasteiger charge is -2.25. The fourth-order valence-corrected chi connectivity index (χ4v) is 2.60. The average molecular weight is 224 g/mol. The molecule has 3 heteroatoms. The Morgan fingerprint density at radius 2 is 2.27 bits per heavy atom. The zero-order chi connectivity index (χ0) is 10.9. The zero-order valence-corrected chi connectivity index (χ0v) is 10.7. The van der Waals surface area contributed by atoms with Crippen molar-refractivity contribution in [2.75, 3.05) is 0 Å². The molecule has 0 spiro atoms. The van der Waals surface area contributed by atoms with Crippen molar-refractivity contribution in [2.45, 2.75) is 52.1 Å². The van der Waals surface area contributed by atoms with E-state index < -0.39 is 0 Å². The summed E-state index contributed by atoms with van der Waals surface area (Å²) in [4.78, 5) is 4.57. The van der Waals surface area contributed by atoms with Gasteiger partial charge in [0.1, 0.15) is 0 Å². The summed E-state index contributed by atoms with van der Waals surface area (Å²) in [5.74, 6) is 0.877. The Balaban J connectivity index is 1.86. The first-order valence-corrected chi connectivity index (χ1v) is 6.68. The number of hydrogen-bond acceptors (Lipinski definition) is 3. The number of nitrogens with zero attached hydrogens (tertiary/aromatic N) is 1. The van der Waals surface area contributed by atoms with E-state index in [9.17, 15) is 0 Å². The lowest BCUT2D eigenvalue weighted by Crippen LogP contribution is -2.40. The van der Waals surface area contributed by atoms with E-state index in [-0.39, 0.29) is 5.54 Å². The van der Waals surface area contributed by atoms with Crippen molar-refractivity contribution < 1.29 is 0 Å². The average Bonchev–Trinajstić information content (AvgIpc) is 2.96. The van der Waals surface area contributed by atoms with Crippen LogP contribution in [0.5, 0.6) is 0 Å². The van der Waals surface area contributed by atoms with E-state index in [1.54, 1.807) is 11.3 Å². The Labute approximate surface area is 96.1 Å². The summed E-state index contributed by atoms with van der Waals surface area (Å²) in [6, 6.07) is 0. The third-order valence-electron chi connectivity index (χ3n) is 3.22. The van der Waals surface area contributed by atoms with Gasteiger partial charge in [-0.15, -0.1) is 11.3 Å². The summed E-state index contributed by atoms with van der Waals surface area (Å²) in [5, 5.41) is 7.04. The summed E-state index contributed by atoms with van der Waals surface area (Å²) < 4.78 is 0. The topological polar surface area (TPSA) is 24.9 Å². The van der Waals surface area contributed by atoms with Crippen molar-refractivity contribution in [1.29, 1.82) is 0 Å². The Hall–Kier alpha value is -0.410. The summed E-state index contributed by atoms with van der Waals surface area (Å²) in [7, 11) is 0. The minimum Gasteiger partial charge on any atom is -0.306 e. The van der Waals surface area contributed by atoms with Gasteiger partial charge in [0.05, 0.1) is 10.7 Å². The molecule has 15 heavy (non-hydrogen) atoms. The van der Waals surface area contributed by atoms with Crippen molar-refractivity contribution in [1.82, 2.24) is 10.3 Å². The monoisotopic (exact) mass is 224 g/mol. The molecule has 0 bridgehead atoms. The molecule has 0 aromatic carbocycles. The molecule has 1 saturated carbocycles. The van der Waals surface area contributed by atoms with E-state index in [2.05, 4.69) is 36.5 Å². The van der Waals surface area contributed by atoms with E-state index in [4.69, 9.17) is 0 Å². The Bertz CT molecular complexity index is 326. The molecule has 2 nitrogen and oxygen atoms in total. The quantitative estimate of drug-likeness (QED) is 0.831. The fraction of sp³-hybridized carbons (Fsp3) is 0.750. The molecule has 2 rings (SSSR count). The van der Waals surface area contributed by atoms with Gasteiger partial charge in [0, 0.05) is 17.5 Å². The SMILES string of the molecule is CCc1nc(CNC(C)(C)C2CC2)cs1. The predicted molar refractivity (Wildman–Crippen MR) is 65.1 cm³/mol. The minimum absolute atomic E-state index is 0.288. The molecule has 0 saturated heterocycles. The minimum atomic E-state index is 0.288. The third-order valence-corrected chi connectivity index (χ3v) is 4.27. The van der Waals surface area contributed by atoms with Crippen LogP contribution in [0.4, 0.5) is 0 Å². The van der Waals surface area contributed by atoms with Crippen molar-refractivity contribution >= 4 is 11.3 Å². The molecule has 1 aliphatic carbocycles. The molecule has 0 atom stereocenters. The molecule has 0 unspecified atom stereocenters. The Morgan fingerprint density at radius 1 is 1.53 bits per heavy atom. The second-order valence-electron chi connectivity index (χ2n) is 4.94. The molecule has 1 N–H and O–H groups in total. The maximum Gasteiger partial charge on any atom is 0.0926 e. The van der Waals surface area contributed by atoms with Crippen LogP contribution in [0.15, 0.2) is 5.38 Å². The predicted octanol–water partition coefficient (Wildman–Crippen LogP) is 2.98. The van der Waals surface area contributed by atoms with E-state index >= 15 is 0 Å². The van der Waals surface area contributed by atoms with Crippen LogP contribution >= 0.6 is 11.3 Å². The Kier molecular flexibility index (Phi) is 3.12. The highest BCUT2D eigenvalue weighted by Crippen LogP contribution is 2.39. The van der Waals surface area contributed by atoms with Gasteiger partial charge in [-0.2, -0.15) is 0 Å². The summed E-state index contributed by atoms with van der Waals surface area (Å²) in [5.41, 5.74) is 1.49. The van der Waals surface area contributed by atoms with Gasteiger partial charge in [-0.25, -0.2) is 4.98 Å². The van der Waals surface area contributed by atoms with E-state index in [1.807, 2.05) is 0 Å². The van der Waals surface area contributed by atoms with E-state index in [0.29, 0.717) is 0 Å². The normalized spacial score (nSPS) is 17.0. The molecular weight excluding hydrogens is 204 g/mol. The molecule has 0 aliphatic heterocycles. The largest absolute Gasteiger partial charge is 0.306 e. The number of aromatic nitrogens is 1. The van der Waals surface area contributed by atoms with Gasteiger partial charge in [0.25, 0.3) is 0 Å². The number of hydrogen-bond donors (Lipinski definition) is 1. The number of aryl methyl sites for hydroxylation is 1. The molecule has 0 radical (unpaired) electrons. The van der Waals surface area contributed by atoms with Crippen molar-refractivity contribution in [2.24, 2.45) is 5.92 Å². The number of nitrogens with one attached hydrogen (secondary N) is 1. The third kappa shape index (κ3) is 2.79. The second-order valence-corrected chi connectivity index (χ2v) is 5.88. The van der Waals surface area contributed by atoms with Crippen LogP contribution in [0.3, 0.4) is 0 Å². The van der Waals surface area contributed by atoms with E-state index in [0.717, 1.165) is 18.9 Å². The molecule has 1 fully saturated rings. The maximum absolute atomic E-state index is 4.57. The molecule has 1 aromatic rings. The maximum atomic E-state index is 4.57. The van der Waals surface area contributed by atoms with E-state index in [1.165, 1.54) is 23.5 Å². The van der Waals surface area contributed by atoms with Crippen LogP contribution in [0.25, 0.3) is 0 Å². The van der Waals surface area contributed by atoms with Gasteiger partial charge in [0.2, 0.25) is 0 Å². The first kappa shape index (κ1) is 11.1. The molecule has 0 amide bonds. The van der Waals surface area contributed by atoms with Crippen LogP contribution in [-0.2, 0) is 13.0 Å². The second kappa shape index (κ2) is 4.22. The van der Waals surface area contributed by atoms with Crippen molar-refractivity contribution in [3.8, 4) is 0 Å². The molecule has 84 valence electrons. The van der Waals surface area contributed by atoms with Crippen molar-refractivity contribution in [3.63, 3.8) is 0 Å².